The average Bonchev–Trinajstić information content (AvgIpc) is 3.46. The molecule has 5 heterocycles. The molecule has 0 radical (unpaired) electrons. The van der Waals surface area contributed by atoms with Gasteiger partial charge in [0.1, 0.15) is 11.4 Å². The van der Waals surface area contributed by atoms with Gasteiger partial charge < -0.3 is 23.8 Å². The SMILES string of the molecule is CCOC(=O)C1=C(N2CCc3ccoc3C2)O/C(=C\c2c[nH]c3ncccc23)C1=O. The number of Topliss-reactive ketones (excluding diaryl/α,β-unsaturated/α-hetero) is 1. The highest BCUT2D eigenvalue weighted by molar-refractivity contribution is 6.26. The molecule has 3 aromatic rings. The monoisotopic (exact) mass is 405 g/mol. The molecule has 0 spiro atoms. The van der Waals surface area contributed by atoms with E-state index in [0.717, 1.165) is 28.7 Å². The summed E-state index contributed by atoms with van der Waals surface area (Å²) < 4.78 is 16.6. The number of pyridine rings is 1. The lowest BCUT2D eigenvalue weighted by Gasteiger charge is -2.28. The first-order valence-electron chi connectivity index (χ1n) is 9.73. The largest absolute Gasteiger partial charge is 0.467 e. The Hall–Kier alpha value is -3.81. The number of hydrogen-bond acceptors (Lipinski definition) is 7. The Bertz CT molecular complexity index is 1220. The summed E-state index contributed by atoms with van der Waals surface area (Å²) in [7, 11) is 0. The fourth-order valence-corrected chi connectivity index (χ4v) is 3.77. The van der Waals surface area contributed by atoms with E-state index in [-0.39, 0.29) is 23.8 Å². The highest BCUT2D eigenvalue weighted by Crippen LogP contribution is 2.34. The summed E-state index contributed by atoms with van der Waals surface area (Å²) in [5, 5.41) is 0.853. The van der Waals surface area contributed by atoms with Gasteiger partial charge in [0.15, 0.2) is 11.3 Å². The third-order valence-electron chi connectivity index (χ3n) is 5.23. The first-order chi connectivity index (χ1) is 14.7. The van der Waals surface area contributed by atoms with Gasteiger partial charge in [0.25, 0.3) is 0 Å². The number of ketones is 1. The first kappa shape index (κ1) is 18.2. The van der Waals surface area contributed by atoms with Crippen LogP contribution in [-0.2, 0) is 32.0 Å². The molecule has 0 amide bonds. The van der Waals surface area contributed by atoms with Crippen LogP contribution in [0.2, 0.25) is 0 Å². The molecule has 0 atom stereocenters. The van der Waals surface area contributed by atoms with Crippen molar-refractivity contribution < 1.29 is 23.5 Å². The number of H-pyrrole nitrogens is 1. The number of fused-ring (bicyclic) bond motifs is 2. The van der Waals surface area contributed by atoms with Gasteiger partial charge in [-0.15, -0.1) is 0 Å². The van der Waals surface area contributed by atoms with Crippen LogP contribution in [0.25, 0.3) is 17.1 Å². The van der Waals surface area contributed by atoms with Gasteiger partial charge in [-0.3, -0.25) is 4.79 Å². The Morgan fingerprint density at radius 2 is 2.30 bits per heavy atom. The van der Waals surface area contributed by atoms with Crippen LogP contribution in [0.15, 0.2) is 58.5 Å². The summed E-state index contributed by atoms with van der Waals surface area (Å²) in [6.45, 7) is 2.88. The molecule has 8 heteroatoms. The topological polar surface area (TPSA) is 97.7 Å². The summed E-state index contributed by atoms with van der Waals surface area (Å²) in [6, 6.07) is 5.65. The van der Waals surface area contributed by atoms with Crippen LogP contribution in [-0.4, -0.2) is 39.8 Å². The molecule has 30 heavy (non-hydrogen) atoms. The molecule has 0 aliphatic carbocycles. The van der Waals surface area contributed by atoms with Crippen LogP contribution in [0, 0.1) is 0 Å². The van der Waals surface area contributed by atoms with E-state index >= 15 is 0 Å². The Morgan fingerprint density at radius 1 is 1.40 bits per heavy atom. The standard InChI is InChI=1S/C22H19N3O5/c1-2-28-22(27)18-19(26)16(10-14-11-24-20-15(14)4-3-7-23-20)30-21(18)25-8-5-13-6-9-29-17(13)12-25/h3-4,6-7,9-11H,2,5,8,12H2,1H3,(H,23,24)/b16-10-. The van der Waals surface area contributed by atoms with E-state index in [1.54, 1.807) is 31.7 Å². The van der Waals surface area contributed by atoms with Crippen molar-refractivity contribution in [2.75, 3.05) is 13.2 Å². The third kappa shape index (κ3) is 2.97. The minimum absolute atomic E-state index is 0.0723. The van der Waals surface area contributed by atoms with E-state index in [9.17, 15) is 9.59 Å². The van der Waals surface area contributed by atoms with Crippen LogP contribution >= 0.6 is 0 Å². The first-order valence-corrected chi connectivity index (χ1v) is 9.73. The van der Waals surface area contributed by atoms with Gasteiger partial charge in [-0.1, -0.05) is 0 Å². The fourth-order valence-electron chi connectivity index (χ4n) is 3.77. The maximum atomic E-state index is 13.1. The zero-order valence-electron chi connectivity index (χ0n) is 16.3. The van der Waals surface area contributed by atoms with Gasteiger partial charge >= 0.3 is 5.97 Å². The summed E-state index contributed by atoms with van der Waals surface area (Å²) in [5.74, 6) is -0.0976. The molecule has 152 valence electrons. The van der Waals surface area contributed by atoms with Crippen LogP contribution in [0.4, 0.5) is 0 Å². The van der Waals surface area contributed by atoms with Gasteiger partial charge in [-0.25, -0.2) is 9.78 Å². The molecule has 8 nitrogen and oxygen atoms in total. The van der Waals surface area contributed by atoms with E-state index in [2.05, 4.69) is 9.97 Å². The Morgan fingerprint density at radius 3 is 3.17 bits per heavy atom. The van der Waals surface area contributed by atoms with Crippen molar-refractivity contribution in [1.29, 1.82) is 0 Å². The molecular weight excluding hydrogens is 386 g/mol. The van der Waals surface area contributed by atoms with E-state index in [4.69, 9.17) is 13.9 Å². The number of aromatic amines is 1. The molecule has 0 unspecified atom stereocenters. The van der Waals surface area contributed by atoms with Crippen LogP contribution < -0.4 is 0 Å². The summed E-state index contributed by atoms with van der Waals surface area (Å²) in [6.07, 6.45) is 7.43. The number of aromatic nitrogens is 2. The molecule has 0 saturated heterocycles. The smallest absolute Gasteiger partial charge is 0.347 e. The number of carbonyl (C=O) groups excluding carboxylic acids is 2. The van der Waals surface area contributed by atoms with Crippen molar-refractivity contribution in [3.63, 3.8) is 0 Å². The second-order valence-electron chi connectivity index (χ2n) is 7.02. The Balaban J connectivity index is 1.52. The quantitative estimate of drug-likeness (QED) is 0.405. The van der Waals surface area contributed by atoms with Crippen LogP contribution in [0.5, 0.6) is 0 Å². The van der Waals surface area contributed by atoms with Gasteiger partial charge in [0.05, 0.1) is 19.4 Å². The zero-order valence-corrected chi connectivity index (χ0v) is 16.3. The lowest BCUT2D eigenvalue weighted by molar-refractivity contribution is -0.139. The molecule has 2 aliphatic heterocycles. The number of carbonyl (C=O) groups is 2. The highest BCUT2D eigenvalue weighted by Gasteiger charge is 2.40. The molecule has 0 fully saturated rings. The predicted octanol–water partition coefficient (Wildman–Crippen LogP) is 2.93. The minimum Gasteiger partial charge on any atom is -0.467 e. The van der Waals surface area contributed by atoms with Crippen LogP contribution in [0.3, 0.4) is 0 Å². The second-order valence-corrected chi connectivity index (χ2v) is 7.02. The zero-order chi connectivity index (χ0) is 20.7. The Kier molecular flexibility index (Phi) is 4.39. The van der Waals surface area contributed by atoms with Gasteiger partial charge in [-0.2, -0.15) is 0 Å². The second kappa shape index (κ2) is 7.22. The molecular formula is C22H19N3O5. The molecule has 0 aromatic carbocycles. The van der Waals surface area contributed by atoms with E-state index < -0.39 is 11.8 Å². The van der Waals surface area contributed by atoms with Crippen molar-refractivity contribution >= 4 is 28.9 Å². The van der Waals surface area contributed by atoms with Crippen molar-refractivity contribution in [1.82, 2.24) is 14.9 Å². The number of rotatable bonds is 4. The summed E-state index contributed by atoms with van der Waals surface area (Å²) in [4.78, 5) is 34.9. The molecule has 2 aliphatic rings. The van der Waals surface area contributed by atoms with Crippen LogP contribution in [0.1, 0.15) is 23.8 Å². The fraction of sp³-hybridized carbons (Fsp3) is 0.227. The number of allylic oxidation sites excluding steroid dienone is 1. The van der Waals surface area contributed by atoms with Crippen molar-refractivity contribution in [3.05, 3.63) is 71.0 Å². The Labute approximate surface area is 171 Å². The normalized spacial score (nSPS) is 17.6. The van der Waals surface area contributed by atoms with Crippen molar-refractivity contribution in [2.45, 2.75) is 19.9 Å². The van der Waals surface area contributed by atoms with Gasteiger partial charge in [0.2, 0.25) is 11.7 Å². The minimum atomic E-state index is -0.688. The molecule has 3 aromatic heterocycles. The summed E-state index contributed by atoms with van der Waals surface area (Å²) in [5.41, 5.74) is 2.49. The number of nitrogens with one attached hydrogen (secondary N) is 1. The number of hydrogen-bond donors (Lipinski definition) is 1. The average molecular weight is 405 g/mol. The molecule has 5 rings (SSSR count). The molecule has 1 N–H and O–H groups in total. The number of nitrogens with zero attached hydrogens (tertiary/aromatic N) is 2. The lowest BCUT2D eigenvalue weighted by atomic mass is 10.1. The van der Waals surface area contributed by atoms with E-state index in [1.165, 1.54) is 0 Å². The third-order valence-corrected chi connectivity index (χ3v) is 5.23. The summed E-state index contributed by atoms with van der Waals surface area (Å²) >= 11 is 0. The van der Waals surface area contributed by atoms with E-state index in [1.807, 2.05) is 23.1 Å². The molecule has 0 saturated carbocycles. The lowest BCUT2D eigenvalue weighted by Crippen LogP contribution is -2.31. The van der Waals surface area contributed by atoms with E-state index in [0.29, 0.717) is 18.7 Å². The number of ether oxygens (including phenoxy) is 2. The predicted molar refractivity (Wildman–Crippen MR) is 107 cm³/mol. The maximum Gasteiger partial charge on any atom is 0.347 e. The van der Waals surface area contributed by atoms with Crippen molar-refractivity contribution in [3.8, 4) is 0 Å². The van der Waals surface area contributed by atoms with Gasteiger partial charge in [0, 0.05) is 29.9 Å². The molecule has 0 bridgehead atoms. The van der Waals surface area contributed by atoms with Crippen molar-refractivity contribution in [2.24, 2.45) is 0 Å². The number of esters is 1. The maximum absolute atomic E-state index is 13.1. The highest BCUT2D eigenvalue weighted by atomic mass is 16.5. The van der Waals surface area contributed by atoms with Gasteiger partial charge in [-0.05, 0) is 43.2 Å². The number of furan rings is 1.